The van der Waals surface area contributed by atoms with E-state index in [9.17, 15) is 9.59 Å². The third kappa shape index (κ3) is 3.93. The molecular formula is C22H21N5O3. The fourth-order valence-electron chi connectivity index (χ4n) is 3.20. The van der Waals surface area contributed by atoms with Crippen LogP contribution in [0.2, 0.25) is 0 Å². The van der Waals surface area contributed by atoms with Crippen LogP contribution in [-0.4, -0.2) is 39.1 Å². The normalized spacial score (nSPS) is 10.9. The molecular weight excluding hydrogens is 382 g/mol. The number of methoxy groups -OCH3 is 1. The number of carbonyl (C=O) groups is 1. The monoisotopic (exact) mass is 403 g/mol. The zero-order valence-corrected chi connectivity index (χ0v) is 16.7. The zero-order chi connectivity index (χ0) is 21.1. The van der Waals surface area contributed by atoms with Gasteiger partial charge in [-0.05, 0) is 48.0 Å². The minimum Gasteiger partial charge on any atom is -0.497 e. The molecule has 0 saturated carbocycles. The van der Waals surface area contributed by atoms with Gasteiger partial charge in [0.05, 0.1) is 23.8 Å². The molecule has 2 aromatic heterocycles. The summed E-state index contributed by atoms with van der Waals surface area (Å²) in [5.74, 6) is 1.09. The number of para-hydroxylation sites is 2. The highest BCUT2D eigenvalue weighted by atomic mass is 16.5. The molecule has 0 unspecified atom stereocenters. The lowest BCUT2D eigenvalue weighted by molar-refractivity contribution is 0.0948. The van der Waals surface area contributed by atoms with E-state index in [2.05, 4.69) is 20.3 Å². The molecule has 4 aromatic rings. The highest BCUT2D eigenvalue weighted by molar-refractivity contribution is 5.93. The van der Waals surface area contributed by atoms with Crippen LogP contribution in [-0.2, 0) is 13.5 Å². The van der Waals surface area contributed by atoms with E-state index in [1.165, 1.54) is 4.57 Å². The van der Waals surface area contributed by atoms with E-state index in [0.717, 1.165) is 22.4 Å². The molecule has 1 amide bonds. The molecule has 152 valence electrons. The van der Waals surface area contributed by atoms with Crippen LogP contribution < -0.4 is 15.7 Å². The first-order valence-electron chi connectivity index (χ1n) is 9.49. The summed E-state index contributed by atoms with van der Waals surface area (Å²) in [5, 5.41) is 2.81. The Bertz CT molecular complexity index is 1220. The number of fused-ring (bicyclic) bond motifs is 1. The fraction of sp³-hybridized carbons (Fsp3) is 0.182. The molecule has 8 heteroatoms. The topological polar surface area (TPSA) is 102 Å². The number of rotatable bonds is 6. The number of hydrogen-bond donors (Lipinski definition) is 2. The van der Waals surface area contributed by atoms with Gasteiger partial charge in [0.25, 0.3) is 5.91 Å². The predicted molar refractivity (Wildman–Crippen MR) is 114 cm³/mol. The largest absolute Gasteiger partial charge is 0.497 e. The van der Waals surface area contributed by atoms with Gasteiger partial charge in [0.2, 0.25) is 0 Å². The maximum atomic E-state index is 12.6. The molecule has 0 fully saturated rings. The molecule has 0 spiro atoms. The summed E-state index contributed by atoms with van der Waals surface area (Å²) in [6.07, 6.45) is 0.538. The van der Waals surface area contributed by atoms with Crippen molar-refractivity contribution in [2.24, 2.45) is 7.05 Å². The predicted octanol–water partition coefficient (Wildman–Crippen LogP) is 2.30. The molecule has 2 aromatic carbocycles. The van der Waals surface area contributed by atoms with E-state index in [-0.39, 0.29) is 5.69 Å². The Morgan fingerprint density at radius 1 is 1.13 bits per heavy atom. The van der Waals surface area contributed by atoms with E-state index in [0.29, 0.717) is 24.4 Å². The van der Waals surface area contributed by atoms with Gasteiger partial charge in [0.15, 0.2) is 0 Å². The molecule has 0 radical (unpaired) electrons. The number of amides is 1. The van der Waals surface area contributed by atoms with Crippen LogP contribution in [0.1, 0.15) is 16.3 Å². The minimum absolute atomic E-state index is 0.0773. The number of aromatic amines is 1. The van der Waals surface area contributed by atoms with Crippen molar-refractivity contribution >= 4 is 16.9 Å². The molecule has 4 rings (SSSR count). The molecule has 0 aliphatic carbocycles. The van der Waals surface area contributed by atoms with Gasteiger partial charge in [-0.3, -0.25) is 9.36 Å². The SMILES string of the molecule is COc1ccc(-c2cc(C(=O)NCCc3nc4ccccc4[nH]3)nc(=O)n2C)cc1. The second-order valence-electron chi connectivity index (χ2n) is 6.80. The van der Waals surface area contributed by atoms with Gasteiger partial charge in [0.1, 0.15) is 17.3 Å². The van der Waals surface area contributed by atoms with Crippen molar-refractivity contribution in [1.29, 1.82) is 0 Å². The number of benzene rings is 2. The Balaban J connectivity index is 1.49. The van der Waals surface area contributed by atoms with Crippen LogP contribution in [0.3, 0.4) is 0 Å². The number of carbonyl (C=O) groups excluding carboxylic acids is 1. The molecule has 0 aliphatic heterocycles. The first-order chi connectivity index (χ1) is 14.5. The number of H-pyrrole nitrogens is 1. The second kappa shape index (κ2) is 8.20. The average molecular weight is 403 g/mol. The second-order valence-corrected chi connectivity index (χ2v) is 6.80. The Kier molecular flexibility index (Phi) is 5.30. The zero-order valence-electron chi connectivity index (χ0n) is 16.7. The van der Waals surface area contributed by atoms with Gasteiger partial charge in [-0.1, -0.05) is 12.1 Å². The van der Waals surface area contributed by atoms with Crippen molar-refractivity contribution in [3.05, 3.63) is 76.6 Å². The lowest BCUT2D eigenvalue weighted by atomic mass is 10.1. The molecule has 0 aliphatic rings. The molecule has 2 N–H and O–H groups in total. The maximum Gasteiger partial charge on any atom is 0.348 e. The van der Waals surface area contributed by atoms with Gasteiger partial charge >= 0.3 is 5.69 Å². The summed E-state index contributed by atoms with van der Waals surface area (Å²) in [5.41, 5.74) is 2.81. The van der Waals surface area contributed by atoms with Gasteiger partial charge in [0, 0.05) is 20.0 Å². The summed E-state index contributed by atoms with van der Waals surface area (Å²) < 4.78 is 6.58. The van der Waals surface area contributed by atoms with E-state index in [1.54, 1.807) is 32.4 Å². The lowest BCUT2D eigenvalue weighted by Gasteiger charge is -2.11. The highest BCUT2D eigenvalue weighted by Gasteiger charge is 2.14. The lowest BCUT2D eigenvalue weighted by Crippen LogP contribution is -2.31. The summed E-state index contributed by atoms with van der Waals surface area (Å²) >= 11 is 0. The van der Waals surface area contributed by atoms with Gasteiger partial charge in [-0.25, -0.2) is 9.78 Å². The van der Waals surface area contributed by atoms with E-state index in [4.69, 9.17) is 4.74 Å². The Labute approximate surface area is 172 Å². The first kappa shape index (κ1) is 19.4. The van der Waals surface area contributed by atoms with Gasteiger partial charge in [-0.2, -0.15) is 4.98 Å². The van der Waals surface area contributed by atoms with Gasteiger partial charge in [-0.15, -0.1) is 0 Å². The molecule has 2 heterocycles. The van der Waals surface area contributed by atoms with Crippen molar-refractivity contribution in [2.45, 2.75) is 6.42 Å². The summed E-state index contributed by atoms with van der Waals surface area (Å²) in [4.78, 5) is 36.5. The van der Waals surface area contributed by atoms with Crippen LogP contribution >= 0.6 is 0 Å². The van der Waals surface area contributed by atoms with Crippen LogP contribution in [0.5, 0.6) is 5.75 Å². The summed E-state index contributed by atoms with van der Waals surface area (Å²) in [6.45, 7) is 0.368. The highest BCUT2D eigenvalue weighted by Crippen LogP contribution is 2.21. The minimum atomic E-state index is -0.495. The fourth-order valence-corrected chi connectivity index (χ4v) is 3.20. The summed E-state index contributed by atoms with van der Waals surface area (Å²) in [7, 11) is 3.21. The van der Waals surface area contributed by atoms with Crippen LogP contribution in [0.25, 0.3) is 22.3 Å². The van der Waals surface area contributed by atoms with Crippen molar-refractivity contribution in [2.75, 3.05) is 13.7 Å². The van der Waals surface area contributed by atoms with E-state index in [1.807, 2.05) is 36.4 Å². The molecule has 8 nitrogen and oxygen atoms in total. The molecule has 30 heavy (non-hydrogen) atoms. The molecule has 0 bridgehead atoms. The number of ether oxygens (including phenoxy) is 1. The van der Waals surface area contributed by atoms with E-state index < -0.39 is 11.6 Å². The van der Waals surface area contributed by atoms with Crippen molar-refractivity contribution in [3.63, 3.8) is 0 Å². The summed E-state index contributed by atoms with van der Waals surface area (Å²) in [6, 6.07) is 16.6. The van der Waals surface area contributed by atoms with Gasteiger partial charge < -0.3 is 15.0 Å². The van der Waals surface area contributed by atoms with Crippen LogP contribution in [0.4, 0.5) is 0 Å². The van der Waals surface area contributed by atoms with E-state index >= 15 is 0 Å². The van der Waals surface area contributed by atoms with Crippen molar-refractivity contribution < 1.29 is 9.53 Å². The Hall–Kier alpha value is -3.94. The smallest absolute Gasteiger partial charge is 0.348 e. The third-order valence-electron chi connectivity index (χ3n) is 4.84. The Morgan fingerprint density at radius 2 is 1.90 bits per heavy atom. The standard InChI is InChI=1S/C22H21N5O3/c1-27-19(14-7-9-15(30-2)10-8-14)13-18(26-22(27)29)21(28)23-12-11-20-24-16-5-3-4-6-17(16)25-20/h3-10,13H,11-12H2,1-2H3,(H,23,28)(H,24,25). The van der Waals surface area contributed by atoms with Crippen LogP contribution in [0, 0.1) is 0 Å². The van der Waals surface area contributed by atoms with Crippen molar-refractivity contribution in [1.82, 2.24) is 24.8 Å². The molecule has 0 saturated heterocycles. The average Bonchev–Trinajstić information content (AvgIpc) is 3.18. The number of nitrogens with one attached hydrogen (secondary N) is 2. The quantitative estimate of drug-likeness (QED) is 0.514. The molecule has 0 atom stereocenters. The maximum absolute atomic E-state index is 12.6. The number of imidazole rings is 1. The van der Waals surface area contributed by atoms with Crippen LogP contribution in [0.15, 0.2) is 59.4 Å². The third-order valence-corrected chi connectivity index (χ3v) is 4.84. The number of hydrogen-bond acceptors (Lipinski definition) is 5. The van der Waals surface area contributed by atoms with Crippen molar-refractivity contribution in [3.8, 4) is 17.0 Å². The number of nitrogens with zero attached hydrogens (tertiary/aromatic N) is 3. The first-order valence-corrected chi connectivity index (χ1v) is 9.49. The number of aromatic nitrogens is 4. The Morgan fingerprint density at radius 3 is 2.63 bits per heavy atom.